The number of carboxylic acids is 1. The second-order valence-electron chi connectivity index (χ2n) is 5.54. The predicted octanol–water partition coefficient (Wildman–Crippen LogP) is 2.70. The molecule has 0 aliphatic heterocycles. The van der Waals surface area contributed by atoms with Crippen molar-refractivity contribution >= 4 is 5.97 Å². The summed E-state index contributed by atoms with van der Waals surface area (Å²) in [6.07, 6.45) is 1.14. The summed E-state index contributed by atoms with van der Waals surface area (Å²) in [5.74, 6) is 0.515. The average Bonchev–Trinajstić information content (AvgIpc) is 2.43. The predicted molar refractivity (Wildman–Crippen MR) is 82.0 cm³/mol. The molecule has 0 saturated carbocycles. The van der Waals surface area contributed by atoms with E-state index in [0.717, 1.165) is 0 Å². The minimum Gasteiger partial charge on any atom is -0.493 e. The molecule has 0 amide bonds. The van der Waals surface area contributed by atoms with Gasteiger partial charge >= 0.3 is 5.97 Å². The molecule has 1 aromatic rings. The third-order valence-electron chi connectivity index (χ3n) is 3.23. The number of carbonyl (C=O) groups is 1. The van der Waals surface area contributed by atoms with E-state index in [9.17, 15) is 9.90 Å². The lowest BCUT2D eigenvalue weighted by atomic mass is 9.95. The normalized spacial score (nSPS) is 13.8. The zero-order valence-electron chi connectivity index (χ0n) is 13.2. The van der Waals surface area contributed by atoms with Crippen LogP contribution in [-0.4, -0.2) is 36.4 Å². The smallest absolute Gasteiger partial charge is 0.323 e. The summed E-state index contributed by atoms with van der Waals surface area (Å²) in [6, 6.07) is 7.53. The van der Waals surface area contributed by atoms with Gasteiger partial charge in [-0.25, -0.2) is 0 Å². The van der Waals surface area contributed by atoms with Crippen molar-refractivity contribution in [3.63, 3.8) is 0 Å². The molecule has 1 rings (SSSR count). The molecular weight excluding hydrogens is 270 g/mol. The zero-order valence-corrected chi connectivity index (χ0v) is 13.2. The van der Waals surface area contributed by atoms with Crippen LogP contribution >= 0.6 is 0 Å². The number of hydrogen-bond acceptors (Lipinski definition) is 4. The molecule has 118 valence electrons. The molecule has 0 aromatic heterocycles. The van der Waals surface area contributed by atoms with Gasteiger partial charge < -0.3 is 14.6 Å². The average molecular weight is 295 g/mol. The number of para-hydroxylation sites is 2. The number of ether oxygens (including phenoxy) is 2. The van der Waals surface area contributed by atoms with E-state index in [1.54, 1.807) is 14.0 Å². The van der Waals surface area contributed by atoms with E-state index in [-0.39, 0.29) is 6.04 Å². The topological polar surface area (TPSA) is 67.8 Å². The Morgan fingerprint density at radius 1 is 1.33 bits per heavy atom. The van der Waals surface area contributed by atoms with Gasteiger partial charge in [0.1, 0.15) is 5.54 Å². The number of rotatable bonds is 9. The summed E-state index contributed by atoms with van der Waals surface area (Å²) in [5.41, 5.74) is -0.932. The lowest BCUT2D eigenvalue weighted by molar-refractivity contribution is -0.144. The maximum Gasteiger partial charge on any atom is 0.323 e. The fraction of sp³-hybridized carbons (Fsp3) is 0.562. The van der Waals surface area contributed by atoms with Crippen molar-refractivity contribution in [2.45, 2.75) is 45.2 Å². The van der Waals surface area contributed by atoms with Crippen LogP contribution in [0.5, 0.6) is 11.5 Å². The van der Waals surface area contributed by atoms with Crippen LogP contribution in [0.1, 0.15) is 33.6 Å². The van der Waals surface area contributed by atoms with Crippen LogP contribution in [0.25, 0.3) is 0 Å². The van der Waals surface area contributed by atoms with E-state index in [2.05, 4.69) is 5.32 Å². The maximum absolute atomic E-state index is 11.4. The van der Waals surface area contributed by atoms with Crippen molar-refractivity contribution in [2.24, 2.45) is 0 Å². The summed E-state index contributed by atoms with van der Waals surface area (Å²) >= 11 is 0. The number of aliphatic carboxylic acids is 1. The first-order valence-corrected chi connectivity index (χ1v) is 7.16. The third-order valence-corrected chi connectivity index (χ3v) is 3.23. The van der Waals surface area contributed by atoms with Gasteiger partial charge in [0.2, 0.25) is 0 Å². The van der Waals surface area contributed by atoms with E-state index < -0.39 is 11.5 Å². The van der Waals surface area contributed by atoms with Gasteiger partial charge in [-0.1, -0.05) is 12.1 Å². The van der Waals surface area contributed by atoms with Crippen LogP contribution in [0.15, 0.2) is 24.3 Å². The van der Waals surface area contributed by atoms with Gasteiger partial charge in [-0.05, 0) is 45.7 Å². The van der Waals surface area contributed by atoms with Gasteiger partial charge in [-0.15, -0.1) is 0 Å². The fourth-order valence-electron chi connectivity index (χ4n) is 2.22. The van der Waals surface area contributed by atoms with Crippen molar-refractivity contribution in [1.82, 2.24) is 5.32 Å². The lowest BCUT2D eigenvalue weighted by Crippen LogP contribution is -2.52. The van der Waals surface area contributed by atoms with E-state index in [1.807, 2.05) is 38.1 Å². The molecule has 0 heterocycles. The van der Waals surface area contributed by atoms with Gasteiger partial charge in [0.15, 0.2) is 11.5 Å². The Morgan fingerprint density at radius 2 is 1.95 bits per heavy atom. The van der Waals surface area contributed by atoms with Crippen molar-refractivity contribution in [1.29, 1.82) is 0 Å². The Balaban J connectivity index is 2.50. The molecular formula is C16H25NO4. The summed E-state index contributed by atoms with van der Waals surface area (Å²) in [4.78, 5) is 11.4. The number of carboxylic acid groups (broad SMARTS) is 1. The minimum atomic E-state index is -0.932. The Labute approximate surface area is 126 Å². The van der Waals surface area contributed by atoms with Crippen molar-refractivity contribution in [3.8, 4) is 11.5 Å². The van der Waals surface area contributed by atoms with Gasteiger partial charge in [-0.3, -0.25) is 10.1 Å². The third kappa shape index (κ3) is 5.27. The molecule has 5 heteroatoms. The number of methoxy groups -OCH3 is 1. The Kier molecular flexibility index (Phi) is 6.49. The monoisotopic (exact) mass is 295 g/mol. The molecule has 5 nitrogen and oxygen atoms in total. The highest BCUT2D eigenvalue weighted by Gasteiger charge is 2.32. The van der Waals surface area contributed by atoms with Crippen LogP contribution in [0.4, 0.5) is 0 Å². The molecule has 0 saturated heterocycles. The molecule has 1 aromatic carbocycles. The second kappa shape index (κ2) is 7.88. The summed E-state index contributed by atoms with van der Waals surface area (Å²) in [7, 11) is 1.59. The van der Waals surface area contributed by atoms with Crippen LogP contribution in [0.3, 0.4) is 0 Å². The second-order valence-corrected chi connectivity index (χ2v) is 5.54. The first-order valence-electron chi connectivity index (χ1n) is 7.16. The molecule has 0 aliphatic rings. The molecule has 1 unspecified atom stereocenters. The minimum absolute atomic E-state index is 0.112. The molecule has 0 bridgehead atoms. The van der Waals surface area contributed by atoms with Crippen molar-refractivity contribution < 1.29 is 19.4 Å². The van der Waals surface area contributed by atoms with Crippen LogP contribution in [0.2, 0.25) is 0 Å². The Hall–Kier alpha value is -1.75. The zero-order chi connectivity index (χ0) is 15.9. The first kappa shape index (κ1) is 17.3. The number of nitrogens with one attached hydrogen (secondary N) is 1. The Morgan fingerprint density at radius 3 is 2.48 bits per heavy atom. The highest BCUT2D eigenvalue weighted by atomic mass is 16.5. The highest BCUT2D eigenvalue weighted by molar-refractivity contribution is 5.78. The molecule has 0 spiro atoms. The molecule has 2 N–H and O–H groups in total. The first-order chi connectivity index (χ1) is 9.89. The van der Waals surface area contributed by atoms with E-state index in [0.29, 0.717) is 30.9 Å². The number of benzene rings is 1. The Bertz CT molecular complexity index is 461. The summed E-state index contributed by atoms with van der Waals surface area (Å²) < 4.78 is 10.9. The highest BCUT2D eigenvalue weighted by Crippen LogP contribution is 2.26. The van der Waals surface area contributed by atoms with E-state index in [1.165, 1.54) is 0 Å². The quantitative estimate of drug-likeness (QED) is 0.686. The molecule has 1 atom stereocenters. The number of hydrogen-bond donors (Lipinski definition) is 2. The molecule has 0 radical (unpaired) electrons. The molecule has 21 heavy (non-hydrogen) atoms. The fourth-order valence-corrected chi connectivity index (χ4v) is 2.22. The van der Waals surface area contributed by atoms with Crippen LogP contribution in [0, 0.1) is 0 Å². The maximum atomic E-state index is 11.4. The summed E-state index contributed by atoms with van der Waals surface area (Å²) in [6.45, 7) is 6.03. The SMILES string of the molecule is COc1ccccc1OCCCC(C)(NC(C)C)C(=O)O. The lowest BCUT2D eigenvalue weighted by Gasteiger charge is -2.28. The molecule has 0 fully saturated rings. The van der Waals surface area contributed by atoms with Gasteiger partial charge in [0, 0.05) is 6.04 Å². The van der Waals surface area contributed by atoms with Gasteiger partial charge in [-0.2, -0.15) is 0 Å². The van der Waals surface area contributed by atoms with E-state index >= 15 is 0 Å². The summed E-state index contributed by atoms with van der Waals surface area (Å²) in [5, 5.41) is 12.5. The van der Waals surface area contributed by atoms with Crippen LogP contribution < -0.4 is 14.8 Å². The van der Waals surface area contributed by atoms with Crippen molar-refractivity contribution in [3.05, 3.63) is 24.3 Å². The van der Waals surface area contributed by atoms with Gasteiger partial charge in [0.05, 0.1) is 13.7 Å². The molecule has 0 aliphatic carbocycles. The van der Waals surface area contributed by atoms with Crippen LogP contribution in [-0.2, 0) is 4.79 Å². The van der Waals surface area contributed by atoms with E-state index in [4.69, 9.17) is 9.47 Å². The van der Waals surface area contributed by atoms with Gasteiger partial charge in [0.25, 0.3) is 0 Å². The van der Waals surface area contributed by atoms with Crippen molar-refractivity contribution in [2.75, 3.05) is 13.7 Å². The standard InChI is InChI=1S/C16H25NO4/c1-12(2)17-16(3,15(18)19)10-7-11-21-14-9-6-5-8-13(14)20-4/h5-6,8-9,12,17H,7,10-11H2,1-4H3,(H,18,19). The largest absolute Gasteiger partial charge is 0.493 e.